The highest BCUT2D eigenvalue weighted by Gasteiger charge is 2.27. The molecular formula is C13H12N2O2. The lowest BCUT2D eigenvalue weighted by Gasteiger charge is -2.14. The highest BCUT2D eigenvalue weighted by atomic mass is 16.2. The number of Topliss-reactive ketones (excluding diaryl/α,β-unsaturated/α-hetero) is 1. The molecule has 1 saturated heterocycles. The molecule has 0 radical (unpaired) electrons. The molecule has 2 aromatic rings. The Balaban J connectivity index is 1.84. The van der Waals surface area contributed by atoms with Gasteiger partial charge in [-0.2, -0.15) is 0 Å². The fourth-order valence-electron chi connectivity index (χ4n) is 2.20. The zero-order valence-electron chi connectivity index (χ0n) is 9.27. The van der Waals surface area contributed by atoms with E-state index in [9.17, 15) is 9.59 Å². The van der Waals surface area contributed by atoms with Crippen molar-refractivity contribution in [2.24, 2.45) is 0 Å². The van der Waals surface area contributed by atoms with E-state index in [2.05, 4.69) is 4.98 Å². The van der Waals surface area contributed by atoms with Crippen LogP contribution in [0.5, 0.6) is 0 Å². The molecule has 1 amide bonds. The zero-order valence-corrected chi connectivity index (χ0v) is 9.27. The normalized spacial score (nSPS) is 16.1. The monoisotopic (exact) mass is 228 g/mol. The van der Waals surface area contributed by atoms with Crippen molar-refractivity contribution in [3.05, 3.63) is 36.0 Å². The Labute approximate surface area is 98.2 Å². The largest absolute Gasteiger partial charge is 0.361 e. The third kappa shape index (κ3) is 1.82. The molecule has 0 saturated carbocycles. The second-order valence-corrected chi connectivity index (χ2v) is 4.36. The molecule has 0 spiro atoms. The van der Waals surface area contributed by atoms with Gasteiger partial charge in [-0.15, -0.1) is 0 Å². The highest BCUT2D eigenvalue weighted by molar-refractivity contribution is 6.05. The third-order valence-corrected chi connectivity index (χ3v) is 3.06. The van der Waals surface area contributed by atoms with Crippen LogP contribution in [0.3, 0.4) is 0 Å². The van der Waals surface area contributed by atoms with E-state index in [0.717, 1.165) is 16.5 Å². The van der Waals surface area contributed by atoms with Gasteiger partial charge in [0.15, 0.2) is 5.78 Å². The van der Waals surface area contributed by atoms with Crippen LogP contribution in [-0.4, -0.2) is 28.1 Å². The molecular weight excluding hydrogens is 216 g/mol. The Morgan fingerprint density at radius 1 is 1.24 bits per heavy atom. The molecule has 17 heavy (non-hydrogen) atoms. The van der Waals surface area contributed by atoms with E-state index in [1.54, 1.807) is 4.90 Å². The fraction of sp³-hybridized carbons (Fsp3) is 0.231. The number of hydrogen-bond donors (Lipinski definition) is 1. The first-order valence-corrected chi connectivity index (χ1v) is 5.58. The number of benzene rings is 1. The smallest absolute Gasteiger partial charge is 0.230 e. The molecule has 4 heteroatoms. The number of nitrogens with zero attached hydrogens (tertiary/aromatic N) is 1. The van der Waals surface area contributed by atoms with Gasteiger partial charge >= 0.3 is 0 Å². The zero-order chi connectivity index (χ0) is 11.8. The SMILES string of the molecule is O=C1CC(=O)N(Cc2ccc3cc[nH]c3c2)C1. The molecule has 0 aliphatic carbocycles. The topological polar surface area (TPSA) is 53.2 Å². The molecule has 1 N–H and O–H groups in total. The maximum absolute atomic E-state index is 11.5. The third-order valence-electron chi connectivity index (χ3n) is 3.06. The van der Waals surface area contributed by atoms with E-state index in [4.69, 9.17) is 0 Å². The summed E-state index contributed by atoms with van der Waals surface area (Å²) in [6.07, 6.45) is 1.95. The minimum Gasteiger partial charge on any atom is -0.361 e. The Hall–Kier alpha value is -2.10. The summed E-state index contributed by atoms with van der Waals surface area (Å²) in [6, 6.07) is 8.03. The van der Waals surface area contributed by atoms with E-state index >= 15 is 0 Å². The van der Waals surface area contributed by atoms with E-state index in [1.807, 2.05) is 30.5 Å². The average Bonchev–Trinajstić information content (AvgIpc) is 2.85. The number of ketones is 1. The summed E-state index contributed by atoms with van der Waals surface area (Å²) in [7, 11) is 0. The first-order chi connectivity index (χ1) is 8.22. The molecule has 0 bridgehead atoms. The lowest BCUT2D eigenvalue weighted by Crippen LogP contribution is -2.24. The first kappa shape index (κ1) is 10.1. The average molecular weight is 228 g/mol. The number of hydrogen-bond acceptors (Lipinski definition) is 2. The van der Waals surface area contributed by atoms with Crippen LogP contribution in [0, 0.1) is 0 Å². The summed E-state index contributed by atoms with van der Waals surface area (Å²) in [5.74, 6) is -0.0578. The minimum atomic E-state index is -0.0680. The first-order valence-electron chi connectivity index (χ1n) is 5.58. The van der Waals surface area contributed by atoms with Crippen molar-refractivity contribution in [2.75, 3.05) is 6.54 Å². The molecule has 4 nitrogen and oxygen atoms in total. The van der Waals surface area contributed by atoms with Crippen molar-refractivity contribution >= 4 is 22.6 Å². The van der Waals surface area contributed by atoms with Gasteiger partial charge in [0.05, 0.1) is 13.0 Å². The van der Waals surface area contributed by atoms with Crippen LogP contribution in [0.1, 0.15) is 12.0 Å². The number of H-pyrrole nitrogens is 1. The molecule has 1 aromatic carbocycles. The molecule has 0 atom stereocenters. The number of aromatic nitrogens is 1. The van der Waals surface area contributed by atoms with Gasteiger partial charge in [-0.05, 0) is 23.1 Å². The van der Waals surface area contributed by atoms with Crippen molar-refractivity contribution in [3.8, 4) is 0 Å². The number of aromatic amines is 1. The fourth-order valence-corrected chi connectivity index (χ4v) is 2.20. The number of amides is 1. The summed E-state index contributed by atoms with van der Waals surface area (Å²) >= 11 is 0. The van der Waals surface area contributed by atoms with Gasteiger partial charge < -0.3 is 9.88 Å². The van der Waals surface area contributed by atoms with Gasteiger partial charge in [0.25, 0.3) is 0 Å². The Kier molecular flexibility index (Phi) is 2.21. The van der Waals surface area contributed by atoms with Crippen molar-refractivity contribution in [1.82, 2.24) is 9.88 Å². The van der Waals surface area contributed by atoms with Gasteiger partial charge in [0, 0.05) is 18.3 Å². The number of likely N-dealkylation sites (tertiary alicyclic amines) is 1. The molecule has 1 aromatic heterocycles. The molecule has 3 rings (SSSR count). The maximum atomic E-state index is 11.5. The number of nitrogens with one attached hydrogen (secondary N) is 1. The van der Waals surface area contributed by atoms with E-state index < -0.39 is 0 Å². The maximum Gasteiger partial charge on any atom is 0.230 e. The molecule has 1 fully saturated rings. The number of fused-ring (bicyclic) bond motifs is 1. The van der Waals surface area contributed by atoms with Gasteiger partial charge in [-0.25, -0.2) is 0 Å². The van der Waals surface area contributed by atoms with Crippen LogP contribution >= 0.6 is 0 Å². The number of carbonyl (C=O) groups excluding carboxylic acids is 2. The van der Waals surface area contributed by atoms with Gasteiger partial charge in [0.1, 0.15) is 0 Å². The van der Waals surface area contributed by atoms with Gasteiger partial charge in [-0.1, -0.05) is 12.1 Å². The summed E-state index contributed by atoms with van der Waals surface area (Å²) in [4.78, 5) is 27.4. The summed E-state index contributed by atoms with van der Waals surface area (Å²) < 4.78 is 0. The van der Waals surface area contributed by atoms with E-state index in [0.29, 0.717) is 6.54 Å². The van der Waals surface area contributed by atoms with Crippen molar-refractivity contribution in [1.29, 1.82) is 0 Å². The number of rotatable bonds is 2. The molecule has 86 valence electrons. The van der Waals surface area contributed by atoms with Gasteiger partial charge in [0.2, 0.25) is 5.91 Å². The lowest BCUT2D eigenvalue weighted by molar-refractivity contribution is -0.128. The summed E-state index contributed by atoms with van der Waals surface area (Å²) in [5.41, 5.74) is 2.10. The summed E-state index contributed by atoms with van der Waals surface area (Å²) in [6.45, 7) is 0.765. The van der Waals surface area contributed by atoms with Crippen LogP contribution in [0.4, 0.5) is 0 Å². The quantitative estimate of drug-likeness (QED) is 0.791. The Morgan fingerprint density at radius 2 is 2.12 bits per heavy atom. The minimum absolute atomic E-state index is 0.0101. The van der Waals surface area contributed by atoms with Crippen LogP contribution in [0.2, 0.25) is 0 Å². The lowest BCUT2D eigenvalue weighted by atomic mass is 10.1. The molecule has 0 unspecified atom stereocenters. The number of carbonyl (C=O) groups is 2. The Morgan fingerprint density at radius 3 is 2.88 bits per heavy atom. The van der Waals surface area contributed by atoms with Crippen molar-refractivity contribution in [2.45, 2.75) is 13.0 Å². The molecule has 2 heterocycles. The second kappa shape index (κ2) is 3.73. The van der Waals surface area contributed by atoms with E-state index in [1.165, 1.54) is 0 Å². The van der Waals surface area contributed by atoms with Gasteiger partial charge in [-0.3, -0.25) is 9.59 Å². The van der Waals surface area contributed by atoms with E-state index in [-0.39, 0.29) is 24.7 Å². The molecule has 1 aliphatic heterocycles. The van der Waals surface area contributed by atoms with Crippen molar-refractivity contribution < 1.29 is 9.59 Å². The van der Waals surface area contributed by atoms with Crippen LogP contribution in [-0.2, 0) is 16.1 Å². The van der Waals surface area contributed by atoms with Crippen LogP contribution in [0.25, 0.3) is 10.9 Å². The predicted octanol–water partition coefficient (Wildman–Crippen LogP) is 1.47. The molecule has 1 aliphatic rings. The standard InChI is InChI=1S/C13H12N2O2/c16-11-6-13(17)15(8-11)7-9-1-2-10-3-4-14-12(10)5-9/h1-5,14H,6-8H2. The predicted molar refractivity (Wildman–Crippen MR) is 63.3 cm³/mol. The second-order valence-electron chi connectivity index (χ2n) is 4.36. The Bertz CT molecular complexity index is 600. The van der Waals surface area contributed by atoms with Crippen molar-refractivity contribution in [3.63, 3.8) is 0 Å². The highest BCUT2D eigenvalue weighted by Crippen LogP contribution is 2.17. The van der Waals surface area contributed by atoms with Crippen LogP contribution < -0.4 is 0 Å². The van der Waals surface area contributed by atoms with Crippen LogP contribution in [0.15, 0.2) is 30.5 Å². The summed E-state index contributed by atoms with van der Waals surface area (Å²) in [5, 5.41) is 1.15.